The number of aliphatic hydroxyl groups is 1. The highest BCUT2D eigenvalue weighted by atomic mass is 19.1. The van der Waals surface area contributed by atoms with Crippen LogP contribution in [-0.2, 0) is 0 Å². The van der Waals surface area contributed by atoms with E-state index in [-0.39, 0.29) is 5.91 Å². The SMILES string of the molecule is Cc1cc(F)cc(C(=O)N(C)CC(O)C2CC2)c1. The Morgan fingerprint density at radius 3 is 2.72 bits per heavy atom. The fourth-order valence-corrected chi connectivity index (χ4v) is 2.07. The minimum absolute atomic E-state index is 0.252. The molecule has 1 fully saturated rings. The van der Waals surface area contributed by atoms with Crippen molar-refractivity contribution in [2.45, 2.75) is 25.9 Å². The molecule has 1 unspecified atom stereocenters. The lowest BCUT2D eigenvalue weighted by molar-refractivity contribution is 0.0645. The molecule has 0 saturated heterocycles. The molecule has 0 heterocycles. The summed E-state index contributed by atoms with van der Waals surface area (Å²) in [5.74, 6) is -0.332. The fraction of sp³-hybridized carbons (Fsp3) is 0.500. The molecule has 1 amide bonds. The van der Waals surface area contributed by atoms with E-state index < -0.39 is 11.9 Å². The molecule has 2 rings (SSSR count). The predicted octanol–water partition coefficient (Wildman–Crippen LogP) is 1.98. The van der Waals surface area contributed by atoms with Gasteiger partial charge in [-0.3, -0.25) is 4.79 Å². The molecule has 3 nitrogen and oxygen atoms in total. The molecular formula is C14H18FNO2. The molecule has 1 atom stereocenters. The number of aryl methyl sites for hydroxylation is 1. The van der Waals surface area contributed by atoms with Crippen LogP contribution in [0.1, 0.15) is 28.8 Å². The van der Waals surface area contributed by atoms with Gasteiger partial charge >= 0.3 is 0 Å². The first-order valence-electron chi connectivity index (χ1n) is 6.18. The number of halogens is 1. The number of hydrogen-bond donors (Lipinski definition) is 1. The lowest BCUT2D eigenvalue weighted by atomic mass is 10.1. The number of likely N-dealkylation sites (N-methyl/N-ethyl adjacent to an activating group) is 1. The smallest absolute Gasteiger partial charge is 0.253 e. The minimum atomic E-state index is -0.464. The van der Waals surface area contributed by atoms with Gasteiger partial charge in [0.2, 0.25) is 0 Å². The van der Waals surface area contributed by atoms with Gasteiger partial charge in [-0.25, -0.2) is 4.39 Å². The van der Waals surface area contributed by atoms with Gasteiger partial charge in [-0.2, -0.15) is 0 Å². The Balaban J connectivity index is 2.04. The van der Waals surface area contributed by atoms with Gasteiger partial charge in [0.15, 0.2) is 0 Å². The van der Waals surface area contributed by atoms with Crippen LogP contribution in [0.15, 0.2) is 18.2 Å². The molecular weight excluding hydrogens is 233 g/mol. The Kier molecular flexibility index (Phi) is 3.66. The first-order chi connectivity index (χ1) is 8.47. The molecule has 1 aliphatic rings. The third-order valence-corrected chi connectivity index (χ3v) is 3.26. The summed E-state index contributed by atoms with van der Waals surface area (Å²) < 4.78 is 13.2. The van der Waals surface area contributed by atoms with E-state index in [0.29, 0.717) is 18.0 Å². The molecule has 1 saturated carbocycles. The summed E-state index contributed by atoms with van der Waals surface area (Å²) in [6, 6.07) is 4.27. The highest BCUT2D eigenvalue weighted by Crippen LogP contribution is 2.32. The summed E-state index contributed by atoms with van der Waals surface area (Å²) in [4.78, 5) is 13.5. The van der Waals surface area contributed by atoms with Crippen molar-refractivity contribution in [1.29, 1.82) is 0 Å². The van der Waals surface area contributed by atoms with Crippen molar-refractivity contribution >= 4 is 5.91 Å². The van der Waals surface area contributed by atoms with Crippen LogP contribution in [0.3, 0.4) is 0 Å². The number of rotatable bonds is 4. The quantitative estimate of drug-likeness (QED) is 0.889. The van der Waals surface area contributed by atoms with Crippen molar-refractivity contribution in [3.63, 3.8) is 0 Å². The van der Waals surface area contributed by atoms with Gasteiger partial charge < -0.3 is 10.0 Å². The zero-order valence-corrected chi connectivity index (χ0v) is 10.7. The second kappa shape index (κ2) is 5.06. The number of nitrogens with zero attached hydrogens (tertiary/aromatic N) is 1. The van der Waals surface area contributed by atoms with Crippen LogP contribution in [0.2, 0.25) is 0 Å². The Bertz CT molecular complexity index is 437. The van der Waals surface area contributed by atoms with Crippen molar-refractivity contribution in [2.24, 2.45) is 5.92 Å². The number of hydrogen-bond acceptors (Lipinski definition) is 2. The number of carbonyl (C=O) groups is 1. The van der Waals surface area contributed by atoms with Crippen molar-refractivity contribution in [3.05, 3.63) is 35.1 Å². The monoisotopic (exact) mass is 251 g/mol. The van der Waals surface area contributed by atoms with E-state index in [1.165, 1.54) is 17.0 Å². The van der Waals surface area contributed by atoms with Gasteiger partial charge in [-0.1, -0.05) is 0 Å². The summed E-state index contributed by atoms with van der Waals surface area (Å²) in [6.45, 7) is 2.05. The largest absolute Gasteiger partial charge is 0.391 e. The first kappa shape index (κ1) is 13.0. The zero-order valence-electron chi connectivity index (χ0n) is 10.7. The van der Waals surface area contributed by atoms with Gasteiger partial charge in [-0.05, 0) is 49.4 Å². The highest BCUT2D eigenvalue weighted by molar-refractivity contribution is 5.94. The molecule has 0 bridgehead atoms. The van der Waals surface area contributed by atoms with Crippen LogP contribution in [0.5, 0.6) is 0 Å². The van der Waals surface area contributed by atoms with Gasteiger partial charge in [0.1, 0.15) is 5.82 Å². The van der Waals surface area contributed by atoms with E-state index in [2.05, 4.69) is 0 Å². The van der Waals surface area contributed by atoms with Crippen LogP contribution in [-0.4, -0.2) is 35.6 Å². The molecule has 98 valence electrons. The molecule has 18 heavy (non-hydrogen) atoms. The number of carbonyl (C=O) groups excluding carboxylic acids is 1. The average molecular weight is 251 g/mol. The number of amides is 1. The third-order valence-electron chi connectivity index (χ3n) is 3.26. The van der Waals surface area contributed by atoms with Crippen molar-refractivity contribution in [3.8, 4) is 0 Å². The molecule has 1 aromatic carbocycles. The standard InChI is InChI=1S/C14H18FNO2/c1-9-5-11(7-12(15)6-9)14(18)16(2)8-13(17)10-3-4-10/h5-7,10,13,17H,3-4,8H2,1-2H3. The van der Waals surface area contributed by atoms with Gasteiger partial charge in [-0.15, -0.1) is 0 Å². The molecule has 0 aromatic heterocycles. The number of benzene rings is 1. The van der Waals surface area contributed by atoms with Gasteiger partial charge in [0.05, 0.1) is 6.10 Å². The third kappa shape index (κ3) is 3.07. The van der Waals surface area contributed by atoms with E-state index in [1.807, 2.05) is 0 Å². The lowest BCUT2D eigenvalue weighted by Gasteiger charge is -2.21. The first-order valence-corrected chi connectivity index (χ1v) is 6.18. The molecule has 1 aliphatic carbocycles. The second-order valence-electron chi connectivity index (χ2n) is 5.11. The van der Waals surface area contributed by atoms with E-state index in [0.717, 1.165) is 18.4 Å². The Morgan fingerprint density at radius 1 is 1.50 bits per heavy atom. The molecule has 0 aliphatic heterocycles. The molecule has 1 N–H and O–H groups in total. The normalized spacial score (nSPS) is 16.4. The topological polar surface area (TPSA) is 40.5 Å². The molecule has 0 spiro atoms. The Labute approximate surface area is 106 Å². The maximum Gasteiger partial charge on any atom is 0.253 e. The Hall–Kier alpha value is -1.42. The van der Waals surface area contributed by atoms with Crippen LogP contribution < -0.4 is 0 Å². The van der Waals surface area contributed by atoms with Crippen LogP contribution in [0, 0.1) is 18.7 Å². The zero-order chi connectivity index (χ0) is 13.3. The minimum Gasteiger partial charge on any atom is -0.391 e. The van der Waals surface area contributed by atoms with Crippen LogP contribution in [0.4, 0.5) is 4.39 Å². The van der Waals surface area contributed by atoms with Crippen molar-refractivity contribution < 1.29 is 14.3 Å². The summed E-state index contributed by atoms with van der Waals surface area (Å²) >= 11 is 0. The van der Waals surface area contributed by atoms with E-state index >= 15 is 0 Å². The van der Waals surface area contributed by atoms with E-state index in [4.69, 9.17) is 0 Å². The van der Waals surface area contributed by atoms with Crippen molar-refractivity contribution in [1.82, 2.24) is 4.90 Å². The van der Waals surface area contributed by atoms with Gasteiger partial charge in [0.25, 0.3) is 5.91 Å². The maximum absolute atomic E-state index is 13.2. The molecule has 1 aromatic rings. The van der Waals surface area contributed by atoms with Crippen LogP contribution >= 0.6 is 0 Å². The van der Waals surface area contributed by atoms with E-state index in [1.54, 1.807) is 20.0 Å². The summed E-state index contributed by atoms with van der Waals surface area (Å²) in [6.07, 6.45) is 1.60. The Morgan fingerprint density at radius 2 is 2.17 bits per heavy atom. The fourth-order valence-electron chi connectivity index (χ4n) is 2.07. The highest BCUT2D eigenvalue weighted by Gasteiger charge is 2.31. The summed E-state index contributed by atoms with van der Waals surface area (Å²) in [5.41, 5.74) is 1.05. The van der Waals surface area contributed by atoms with Gasteiger partial charge in [0, 0.05) is 19.2 Å². The predicted molar refractivity (Wildman–Crippen MR) is 66.8 cm³/mol. The van der Waals surface area contributed by atoms with Crippen molar-refractivity contribution in [2.75, 3.05) is 13.6 Å². The summed E-state index contributed by atoms with van der Waals surface area (Å²) in [7, 11) is 1.63. The van der Waals surface area contributed by atoms with E-state index in [9.17, 15) is 14.3 Å². The summed E-state index contributed by atoms with van der Waals surface area (Å²) in [5, 5.41) is 9.80. The number of aliphatic hydroxyl groups excluding tert-OH is 1. The molecule has 0 radical (unpaired) electrons. The maximum atomic E-state index is 13.2. The second-order valence-corrected chi connectivity index (χ2v) is 5.11. The average Bonchev–Trinajstić information content (AvgIpc) is 3.10. The molecule has 4 heteroatoms. The lowest BCUT2D eigenvalue weighted by Crippen LogP contribution is -2.35. The van der Waals surface area contributed by atoms with Crippen LogP contribution in [0.25, 0.3) is 0 Å².